The van der Waals surface area contributed by atoms with Gasteiger partial charge < -0.3 is 0 Å². The zero-order chi connectivity index (χ0) is 34.7. The summed E-state index contributed by atoms with van der Waals surface area (Å²) in [5.74, 6) is 0.896. The van der Waals surface area contributed by atoms with Crippen molar-refractivity contribution in [2.45, 2.75) is 303 Å². The van der Waals surface area contributed by atoms with E-state index in [4.69, 9.17) is 0 Å². The van der Waals surface area contributed by atoms with Gasteiger partial charge in [-0.25, -0.2) is 0 Å². The molecule has 0 fully saturated rings. The van der Waals surface area contributed by atoms with E-state index in [1.807, 2.05) is 0 Å². The molecule has 0 amide bonds. The van der Waals surface area contributed by atoms with Crippen LogP contribution in [0.4, 0.5) is 0 Å². The minimum atomic E-state index is 0.896. The zero-order valence-electron chi connectivity index (χ0n) is 34.7. The third-order valence-corrected chi connectivity index (χ3v) is 11.4. The van der Waals surface area contributed by atoms with Crippen molar-refractivity contribution in [3.8, 4) is 0 Å². The van der Waals surface area contributed by atoms with Crippen LogP contribution in [0, 0.1) is 5.92 Å². The molecule has 0 N–H and O–H groups in total. The average Bonchev–Trinajstić information content (AvgIpc) is 3.08. The van der Waals surface area contributed by atoms with Crippen LogP contribution in [0.2, 0.25) is 0 Å². The lowest BCUT2D eigenvalue weighted by atomic mass is 10.0. The molecule has 0 nitrogen and oxygen atoms in total. The summed E-state index contributed by atoms with van der Waals surface area (Å²) in [4.78, 5) is 0. The smallest absolute Gasteiger partial charge is 0.0471 e. The third kappa shape index (κ3) is 46.0. The van der Waals surface area contributed by atoms with Crippen molar-refractivity contribution < 1.29 is 0 Å². The van der Waals surface area contributed by atoms with Crippen LogP contribution in [0.25, 0.3) is 0 Å². The molecule has 0 aromatic carbocycles. The van der Waals surface area contributed by atoms with Crippen molar-refractivity contribution in [2.24, 2.45) is 5.92 Å². The van der Waals surface area contributed by atoms with Crippen molar-refractivity contribution in [1.29, 1.82) is 0 Å². The molecule has 0 aliphatic heterocycles. The Hall–Kier alpha value is 0. The molecule has 0 aliphatic carbocycles. The van der Waals surface area contributed by atoms with Gasteiger partial charge in [-0.3, -0.25) is 0 Å². The zero-order valence-corrected chi connectivity index (χ0v) is 34.7. The Bertz CT molecular complexity index is 520. The highest BCUT2D eigenvalue weighted by atomic mass is 14.1. The maximum Gasteiger partial charge on any atom is -0.0471 e. The molecular weight excluding hydrogens is 577 g/mol. The van der Waals surface area contributed by atoms with E-state index in [0.29, 0.717) is 0 Å². The van der Waals surface area contributed by atoms with Crippen molar-refractivity contribution >= 4 is 0 Å². The highest BCUT2D eigenvalue weighted by Crippen LogP contribution is 2.18. The van der Waals surface area contributed by atoms with Crippen molar-refractivity contribution in [3.63, 3.8) is 0 Å². The van der Waals surface area contributed by atoms with Gasteiger partial charge in [0.2, 0.25) is 0 Å². The highest BCUT2D eigenvalue weighted by molar-refractivity contribution is 4.54. The maximum absolute atomic E-state index is 2.35. The van der Waals surface area contributed by atoms with E-state index in [9.17, 15) is 0 Å². The maximum atomic E-state index is 2.35. The molecule has 48 heavy (non-hydrogen) atoms. The van der Waals surface area contributed by atoms with Gasteiger partial charge in [0.25, 0.3) is 0 Å². The monoisotopic (exact) mass is 675 g/mol. The van der Waals surface area contributed by atoms with Gasteiger partial charge in [0, 0.05) is 0 Å². The lowest BCUT2D eigenvalue weighted by Gasteiger charge is -2.05. The predicted octanol–water partition coefficient (Wildman–Crippen LogP) is 18.8. The summed E-state index contributed by atoms with van der Waals surface area (Å²) in [7, 11) is 0. The topological polar surface area (TPSA) is 0 Å². The van der Waals surface area contributed by atoms with Crippen LogP contribution in [-0.4, -0.2) is 0 Å². The Labute approximate surface area is 308 Å². The summed E-state index contributed by atoms with van der Waals surface area (Å²) in [6, 6.07) is 0. The fourth-order valence-corrected chi connectivity index (χ4v) is 7.87. The summed E-state index contributed by atoms with van der Waals surface area (Å²) in [6.45, 7) is 7.02. The molecule has 0 heterocycles. The normalized spacial score (nSPS) is 11.8. The van der Waals surface area contributed by atoms with Crippen molar-refractivity contribution in [3.05, 3.63) is 0 Å². The molecule has 0 atom stereocenters. The number of hydrogen-bond donors (Lipinski definition) is 0. The third-order valence-electron chi connectivity index (χ3n) is 11.4. The van der Waals surface area contributed by atoms with Gasteiger partial charge in [0.15, 0.2) is 0 Å². The predicted molar refractivity (Wildman–Crippen MR) is 224 cm³/mol. The first-order valence-corrected chi connectivity index (χ1v) is 23.8. The van der Waals surface area contributed by atoms with Gasteiger partial charge >= 0.3 is 0 Å². The minimum Gasteiger partial charge on any atom is -0.0654 e. The molecule has 0 radical (unpaired) electrons. The Kier molecular flexibility index (Phi) is 45.0. The van der Waals surface area contributed by atoms with Crippen LogP contribution < -0.4 is 0 Å². The summed E-state index contributed by atoms with van der Waals surface area (Å²) in [5, 5.41) is 0. The number of hydrogen-bond acceptors (Lipinski definition) is 0. The SMILES string of the molecule is CCCCCCCCCCCCCCCCCCCCCCCCCCCCCCCCCCCCCCCCCCCCCC(C)C. The minimum absolute atomic E-state index is 0.896. The van der Waals surface area contributed by atoms with Crippen LogP contribution in [0.15, 0.2) is 0 Å². The highest BCUT2D eigenvalue weighted by Gasteiger charge is 1.99. The summed E-state index contributed by atoms with van der Waals surface area (Å²) in [5.41, 5.74) is 0. The summed E-state index contributed by atoms with van der Waals surface area (Å²) in [6.07, 6.45) is 65.4. The van der Waals surface area contributed by atoms with Gasteiger partial charge in [-0.1, -0.05) is 303 Å². The van der Waals surface area contributed by atoms with E-state index in [0.717, 1.165) is 5.92 Å². The Balaban J connectivity index is 3.04. The first-order chi connectivity index (χ1) is 23.8. The van der Waals surface area contributed by atoms with Gasteiger partial charge in [0.05, 0.1) is 0 Å². The standard InChI is InChI=1S/C48H98/c1-4-5-6-7-8-9-10-11-12-13-14-15-16-17-18-19-20-21-22-23-24-25-26-27-28-29-30-31-32-33-34-35-36-37-38-39-40-41-42-43-44-45-46-47-48(2)3/h48H,4-47H2,1-3H3. The fourth-order valence-electron chi connectivity index (χ4n) is 7.87. The van der Waals surface area contributed by atoms with Crippen LogP contribution in [0.5, 0.6) is 0 Å². The van der Waals surface area contributed by atoms with Crippen LogP contribution in [0.1, 0.15) is 303 Å². The Morgan fingerprint density at radius 3 is 0.438 bits per heavy atom. The quantitative estimate of drug-likeness (QED) is 0.0564. The largest absolute Gasteiger partial charge is 0.0654 e. The van der Waals surface area contributed by atoms with Crippen LogP contribution in [0.3, 0.4) is 0 Å². The molecule has 0 bridgehead atoms. The van der Waals surface area contributed by atoms with Gasteiger partial charge in [-0.05, 0) is 5.92 Å². The summed E-state index contributed by atoms with van der Waals surface area (Å²) < 4.78 is 0. The first kappa shape index (κ1) is 48.0. The fraction of sp³-hybridized carbons (Fsp3) is 1.00. The van der Waals surface area contributed by atoms with Gasteiger partial charge in [0.1, 0.15) is 0 Å². The van der Waals surface area contributed by atoms with Crippen molar-refractivity contribution in [2.75, 3.05) is 0 Å². The molecule has 0 aliphatic rings. The van der Waals surface area contributed by atoms with E-state index in [-0.39, 0.29) is 0 Å². The Morgan fingerprint density at radius 2 is 0.312 bits per heavy atom. The van der Waals surface area contributed by atoms with Gasteiger partial charge in [-0.15, -0.1) is 0 Å². The number of rotatable bonds is 44. The lowest BCUT2D eigenvalue weighted by molar-refractivity contribution is 0.500. The second-order valence-electron chi connectivity index (χ2n) is 17.0. The van der Waals surface area contributed by atoms with Crippen molar-refractivity contribution in [1.82, 2.24) is 0 Å². The molecule has 0 heteroatoms. The molecule has 0 unspecified atom stereocenters. The first-order valence-electron chi connectivity index (χ1n) is 23.8. The molecule has 0 rings (SSSR count). The molecule has 0 aromatic heterocycles. The summed E-state index contributed by atoms with van der Waals surface area (Å²) >= 11 is 0. The van der Waals surface area contributed by atoms with E-state index >= 15 is 0 Å². The molecule has 0 saturated heterocycles. The average molecular weight is 675 g/mol. The van der Waals surface area contributed by atoms with Crippen LogP contribution in [-0.2, 0) is 0 Å². The Morgan fingerprint density at radius 1 is 0.188 bits per heavy atom. The number of unbranched alkanes of at least 4 members (excludes halogenated alkanes) is 42. The molecule has 0 spiro atoms. The second-order valence-corrected chi connectivity index (χ2v) is 17.0. The van der Waals surface area contributed by atoms with Crippen LogP contribution >= 0.6 is 0 Å². The van der Waals surface area contributed by atoms with E-state index < -0.39 is 0 Å². The molecule has 290 valence electrons. The molecular formula is C48H98. The molecule has 0 aromatic rings. The van der Waals surface area contributed by atoms with Gasteiger partial charge in [-0.2, -0.15) is 0 Å². The second kappa shape index (κ2) is 45.0. The molecule has 0 saturated carbocycles. The van der Waals surface area contributed by atoms with E-state index in [1.165, 1.54) is 283 Å². The lowest BCUT2D eigenvalue weighted by Crippen LogP contribution is -1.87. The van der Waals surface area contributed by atoms with E-state index in [1.54, 1.807) is 0 Å². The van der Waals surface area contributed by atoms with E-state index in [2.05, 4.69) is 20.8 Å².